The minimum atomic E-state index is -1.01. The topological polar surface area (TPSA) is 94.4 Å². The molecule has 0 aromatic heterocycles. The first kappa shape index (κ1) is 18.9. The Labute approximate surface area is 175 Å². The molecular formula is C22H16FN5O3. The highest BCUT2D eigenvalue weighted by Crippen LogP contribution is 2.35. The van der Waals surface area contributed by atoms with Crippen LogP contribution in [0.5, 0.6) is 0 Å². The van der Waals surface area contributed by atoms with Crippen molar-refractivity contribution in [1.82, 2.24) is 5.01 Å². The molecule has 0 aliphatic carbocycles. The Hall–Kier alpha value is -4.14. The standard InChI is InChI=1S/C22H16FN5O3/c23-14-7-4-8-15(11-14)24-18(29)12-27-20-19(25-26-27)21(30)28(22(20)31)17-10-3-6-13-5-1-2-9-16(13)17/h1-11,19-20H,12H2,(H,24,29)/t19-,20+/m1/s1. The van der Waals surface area contributed by atoms with E-state index in [0.29, 0.717) is 5.69 Å². The zero-order valence-corrected chi connectivity index (χ0v) is 16.1. The Morgan fingerprint density at radius 2 is 1.77 bits per heavy atom. The molecule has 2 aliphatic heterocycles. The van der Waals surface area contributed by atoms with Crippen LogP contribution in [-0.2, 0) is 14.4 Å². The molecule has 3 aromatic carbocycles. The van der Waals surface area contributed by atoms with Gasteiger partial charge in [-0.2, -0.15) is 5.11 Å². The van der Waals surface area contributed by atoms with Gasteiger partial charge in [0.25, 0.3) is 11.8 Å². The highest BCUT2D eigenvalue weighted by atomic mass is 19.1. The first-order valence-corrected chi connectivity index (χ1v) is 9.61. The molecule has 0 bridgehead atoms. The van der Waals surface area contributed by atoms with E-state index in [2.05, 4.69) is 15.7 Å². The second-order valence-corrected chi connectivity index (χ2v) is 7.26. The second kappa shape index (κ2) is 7.28. The van der Waals surface area contributed by atoms with Crippen LogP contribution in [0.25, 0.3) is 10.8 Å². The van der Waals surface area contributed by atoms with E-state index in [4.69, 9.17) is 0 Å². The van der Waals surface area contributed by atoms with Crippen LogP contribution in [0.2, 0.25) is 0 Å². The summed E-state index contributed by atoms with van der Waals surface area (Å²) in [5.41, 5.74) is 0.755. The highest BCUT2D eigenvalue weighted by Gasteiger charge is 2.55. The summed E-state index contributed by atoms with van der Waals surface area (Å²) < 4.78 is 13.3. The Morgan fingerprint density at radius 1 is 1.00 bits per heavy atom. The van der Waals surface area contributed by atoms with Gasteiger partial charge in [0.15, 0.2) is 12.1 Å². The van der Waals surface area contributed by atoms with E-state index in [1.54, 1.807) is 18.2 Å². The van der Waals surface area contributed by atoms with Gasteiger partial charge >= 0.3 is 0 Å². The van der Waals surface area contributed by atoms with E-state index in [-0.39, 0.29) is 12.2 Å². The van der Waals surface area contributed by atoms with E-state index < -0.39 is 35.6 Å². The second-order valence-electron chi connectivity index (χ2n) is 7.26. The zero-order chi connectivity index (χ0) is 21.5. The van der Waals surface area contributed by atoms with Crippen LogP contribution in [0.4, 0.5) is 15.8 Å². The molecule has 1 saturated heterocycles. The van der Waals surface area contributed by atoms with Gasteiger partial charge in [-0.25, -0.2) is 9.29 Å². The molecule has 2 heterocycles. The van der Waals surface area contributed by atoms with Crippen LogP contribution in [0.3, 0.4) is 0 Å². The Balaban J connectivity index is 1.38. The molecule has 9 heteroatoms. The normalized spacial score (nSPS) is 19.9. The molecule has 2 aliphatic rings. The predicted octanol–water partition coefficient (Wildman–Crippen LogP) is 2.91. The number of nitrogens with one attached hydrogen (secondary N) is 1. The van der Waals surface area contributed by atoms with Gasteiger partial charge in [0, 0.05) is 11.1 Å². The number of anilines is 2. The molecular weight excluding hydrogens is 401 g/mol. The van der Waals surface area contributed by atoms with Crippen molar-refractivity contribution in [2.75, 3.05) is 16.8 Å². The average molecular weight is 417 g/mol. The van der Waals surface area contributed by atoms with Crippen LogP contribution in [0.15, 0.2) is 77.1 Å². The van der Waals surface area contributed by atoms with Crippen LogP contribution in [0, 0.1) is 5.82 Å². The van der Waals surface area contributed by atoms with Crippen molar-refractivity contribution in [3.05, 3.63) is 72.5 Å². The summed E-state index contributed by atoms with van der Waals surface area (Å²) in [5, 5.41) is 13.2. The summed E-state index contributed by atoms with van der Waals surface area (Å²) in [4.78, 5) is 39.7. The van der Waals surface area contributed by atoms with Crippen molar-refractivity contribution < 1.29 is 18.8 Å². The fourth-order valence-corrected chi connectivity index (χ4v) is 3.91. The van der Waals surface area contributed by atoms with Gasteiger partial charge in [0.2, 0.25) is 5.91 Å². The monoisotopic (exact) mass is 417 g/mol. The SMILES string of the molecule is O=C(CN1N=N[C@H]2C(=O)N(c3cccc4ccccc34)C(=O)[C@H]21)Nc1cccc(F)c1. The molecule has 1 N–H and O–H groups in total. The molecule has 8 nitrogen and oxygen atoms in total. The number of nitrogens with zero attached hydrogens (tertiary/aromatic N) is 4. The van der Waals surface area contributed by atoms with E-state index in [0.717, 1.165) is 15.7 Å². The Bertz CT molecular complexity index is 1260. The minimum Gasteiger partial charge on any atom is -0.324 e. The quantitative estimate of drug-likeness (QED) is 0.661. The zero-order valence-electron chi connectivity index (χ0n) is 16.1. The van der Waals surface area contributed by atoms with Gasteiger partial charge < -0.3 is 5.32 Å². The number of hydrogen-bond donors (Lipinski definition) is 1. The fraction of sp³-hybridized carbons (Fsp3) is 0.136. The predicted molar refractivity (Wildman–Crippen MR) is 111 cm³/mol. The molecule has 0 radical (unpaired) electrons. The number of fused-ring (bicyclic) bond motifs is 2. The molecule has 2 atom stereocenters. The summed E-state index contributed by atoms with van der Waals surface area (Å²) in [6.07, 6.45) is 0. The van der Waals surface area contributed by atoms with E-state index in [9.17, 15) is 18.8 Å². The Morgan fingerprint density at radius 3 is 2.61 bits per heavy atom. The maximum Gasteiger partial charge on any atom is 0.263 e. The number of carbonyl (C=O) groups excluding carboxylic acids is 3. The van der Waals surface area contributed by atoms with Crippen molar-refractivity contribution in [1.29, 1.82) is 0 Å². The smallest absolute Gasteiger partial charge is 0.263 e. The van der Waals surface area contributed by atoms with Crippen molar-refractivity contribution in [2.24, 2.45) is 10.3 Å². The van der Waals surface area contributed by atoms with Crippen LogP contribution in [-0.4, -0.2) is 41.4 Å². The first-order chi connectivity index (χ1) is 15.0. The number of imide groups is 1. The number of benzene rings is 3. The fourth-order valence-electron chi connectivity index (χ4n) is 3.91. The third-order valence-electron chi connectivity index (χ3n) is 5.28. The van der Waals surface area contributed by atoms with Gasteiger partial charge in [-0.3, -0.25) is 19.4 Å². The Kier molecular flexibility index (Phi) is 4.43. The third kappa shape index (κ3) is 3.20. The number of halogens is 1. The number of amides is 3. The first-order valence-electron chi connectivity index (χ1n) is 9.61. The van der Waals surface area contributed by atoms with E-state index in [1.165, 1.54) is 23.2 Å². The third-order valence-corrected chi connectivity index (χ3v) is 5.28. The lowest BCUT2D eigenvalue weighted by Crippen LogP contribution is -2.43. The van der Waals surface area contributed by atoms with Crippen molar-refractivity contribution in [3.63, 3.8) is 0 Å². The summed E-state index contributed by atoms with van der Waals surface area (Å²) in [7, 11) is 0. The van der Waals surface area contributed by atoms with Gasteiger partial charge in [-0.15, -0.1) is 0 Å². The van der Waals surface area contributed by atoms with E-state index >= 15 is 0 Å². The van der Waals surface area contributed by atoms with Crippen LogP contribution in [0.1, 0.15) is 0 Å². The van der Waals surface area contributed by atoms with Crippen LogP contribution < -0.4 is 10.2 Å². The maximum absolute atomic E-state index is 13.3. The molecule has 31 heavy (non-hydrogen) atoms. The summed E-state index contributed by atoms with van der Waals surface area (Å²) >= 11 is 0. The summed E-state index contributed by atoms with van der Waals surface area (Å²) in [5.74, 6) is -1.96. The van der Waals surface area contributed by atoms with Crippen molar-refractivity contribution in [3.8, 4) is 0 Å². The minimum absolute atomic E-state index is 0.281. The molecule has 5 rings (SSSR count). The molecule has 154 valence electrons. The summed E-state index contributed by atoms with van der Waals surface area (Å²) in [6, 6.07) is 16.3. The van der Waals surface area contributed by atoms with Gasteiger partial charge in [0.05, 0.1) is 5.69 Å². The number of rotatable bonds is 4. The molecule has 0 saturated carbocycles. The average Bonchev–Trinajstić information content (AvgIpc) is 3.27. The van der Waals surface area contributed by atoms with E-state index in [1.807, 2.05) is 30.3 Å². The van der Waals surface area contributed by atoms with Gasteiger partial charge in [-0.05, 0) is 29.7 Å². The van der Waals surface area contributed by atoms with Crippen LogP contribution >= 0.6 is 0 Å². The molecule has 0 unspecified atom stereocenters. The maximum atomic E-state index is 13.3. The number of hydrogen-bond acceptors (Lipinski definition) is 6. The lowest BCUT2D eigenvalue weighted by Gasteiger charge is -2.21. The van der Waals surface area contributed by atoms with Gasteiger partial charge in [0.1, 0.15) is 12.4 Å². The molecule has 0 spiro atoms. The molecule has 3 aromatic rings. The molecule has 1 fully saturated rings. The highest BCUT2D eigenvalue weighted by molar-refractivity contribution is 6.27. The lowest BCUT2D eigenvalue weighted by molar-refractivity contribution is -0.123. The number of carbonyl (C=O) groups is 3. The van der Waals surface area contributed by atoms with Crippen molar-refractivity contribution in [2.45, 2.75) is 12.1 Å². The summed E-state index contributed by atoms with van der Waals surface area (Å²) in [6.45, 7) is -0.302. The van der Waals surface area contributed by atoms with Gasteiger partial charge in [-0.1, -0.05) is 47.7 Å². The lowest BCUT2D eigenvalue weighted by atomic mass is 10.1. The molecule has 3 amide bonds. The van der Waals surface area contributed by atoms with Crippen molar-refractivity contribution >= 4 is 39.9 Å². The largest absolute Gasteiger partial charge is 0.324 e.